The van der Waals surface area contributed by atoms with Crippen molar-refractivity contribution in [3.63, 3.8) is 0 Å². The molecule has 0 amide bonds. The smallest absolute Gasteiger partial charge is 0.217 e. The van der Waals surface area contributed by atoms with E-state index < -0.39 is 10.0 Å². The summed E-state index contributed by atoms with van der Waals surface area (Å²) in [5, 5.41) is -0.0982. The highest BCUT2D eigenvalue weighted by Gasteiger charge is 2.40. The highest BCUT2D eigenvalue weighted by Crippen LogP contribution is 2.31. The van der Waals surface area contributed by atoms with E-state index >= 15 is 0 Å². The van der Waals surface area contributed by atoms with Crippen LogP contribution in [0.5, 0.6) is 0 Å². The predicted octanol–water partition coefficient (Wildman–Crippen LogP) is 0.696. The van der Waals surface area contributed by atoms with Gasteiger partial charge in [0.2, 0.25) is 10.0 Å². The molecule has 0 bridgehead atoms. The molecule has 6 heteroatoms. The van der Waals surface area contributed by atoms with E-state index in [4.69, 9.17) is 0 Å². The maximum atomic E-state index is 12.1. The maximum absolute atomic E-state index is 12.1. The molecule has 0 atom stereocenters. The summed E-state index contributed by atoms with van der Waals surface area (Å²) in [7, 11) is -3.01. The van der Waals surface area contributed by atoms with Crippen LogP contribution in [0.15, 0.2) is 24.4 Å². The van der Waals surface area contributed by atoms with E-state index in [-0.39, 0.29) is 5.25 Å². The second-order valence-corrected chi connectivity index (χ2v) is 7.03. The van der Waals surface area contributed by atoms with Crippen LogP contribution in [0.1, 0.15) is 12.8 Å². The predicted molar refractivity (Wildman–Crippen MR) is 70.0 cm³/mol. The van der Waals surface area contributed by atoms with Gasteiger partial charge < -0.3 is 4.90 Å². The van der Waals surface area contributed by atoms with E-state index in [1.54, 1.807) is 10.5 Å². The summed E-state index contributed by atoms with van der Waals surface area (Å²) < 4.78 is 25.8. The number of sulfonamides is 1. The molecule has 1 aliphatic heterocycles. The Kier molecular flexibility index (Phi) is 2.99. The number of nitrogens with zero attached hydrogens (tertiary/aromatic N) is 3. The van der Waals surface area contributed by atoms with Crippen LogP contribution >= 0.6 is 0 Å². The Labute approximate surface area is 107 Å². The molecule has 0 N–H and O–H groups in total. The van der Waals surface area contributed by atoms with Crippen LogP contribution in [0.4, 0.5) is 5.82 Å². The lowest BCUT2D eigenvalue weighted by atomic mass is 10.3. The van der Waals surface area contributed by atoms with Crippen LogP contribution in [0.3, 0.4) is 0 Å². The highest BCUT2D eigenvalue weighted by molar-refractivity contribution is 7.90. The van der Waals surface area contributed by atoms with Crippen molar-refractivity contribution in [1.82, 2.24) is 9.29 Å². The van der Waals surface area contributed by atoms with Crippen molar-refractivity contribution in [3.05, 3.63) is 24.4 Å². The lowest BCUT2D eigenvalue weighted by Crippen LogP contribution is -2.49. The van der Waals surface area contributed by atoms with Gasteiger partial charge in [-0.15, -0.1) is 0 Å². The molecule has 1 saturated heterocycles. The molecule has 98 valence electrons. The molecule has 5 nitrogen and oxygen atoms in total. The minimum atomic E-state index is -3.01. The normalized spacial score (nSPS) is 22.1. The standard InChI is InChI=1S/C12H17N3O2S/c16-18(17,11-4-5-11)15-9-7-14(8-10-15)12-3-1-2-6-13-12/h1-3,6,11H,4-5,7-10H2. The molecule has 0 aromatic carbocycles. The molecule has 18 heavy (non-hydrogen) atoms. The summed E-state index contributed by atoms with van der Waals surface area (Å²) in [5.41, 5.74) is 0. The molecule has 1 aromatic heterocycles. The Morgan fingerprint density at radius 2 is 1.83 bits per heavy atom. The average Bonchev–Trinajstić information content (AvgIpc) is 3.25. The fraction of sp³-hybridized carbons (Fsp3) is 0.583. The second-order valence-electron chi connectivity index (χ2n) is 4.82. The molecule has 1 aliphatic carbocycles. The molecule has 1 saturated carbocycles. The van der Waals surface area contributed by atoms with Crippen LogP contribution in [0.25, 0.3) is 0 Å². The number of rotatable bonds is 3. The van der Waals surface area contributed by atoms with E-state index in [2.05, 4.69) is 9.88 Å². The SMILES string of the molecule is O=S(=O)(C1CC1)N1CCN(c2ccccn2)CC1. The quantitative estimate of drug-likeness (QED) is 0.809. The van der Waals surface area contributed by atoms with Gasteiger partial charge in [0.25, 0.3) is 0 Å². The molecule has 0 radical (unpaired) electrons. The van der Waals surface area contributed by atoms with Crippen molar-refractivity contribution in [2.24, 2.45) is 0 Å². The van der Waals surface area contributed by atoms with Crippen molar-refractivity contribution < 1.29 is 8.42 Å². The second kappa shape index (κ2) is 4.51. The zero-order valence-electron chi connectivity index (χ0n) is 10.2. The van der Waals surface area contributed by atoms with Crippen LogP contribution in [0, 0.1) is 0 Å². The van der Waals surface area contributed by atoms with Gasteiger partial charge in [0.05, 0.1) is 5.25 Å². The third-order valence-corrected chi connectivity index (χ3v) is 5.92. The average molecular weight is 267 g/mol. The number of hydrogen-bond acceptors (Lipinski definition) is 4. The third kappa shape index (κ3) is 2.22. The van der Waals surface area contributed by atoms with Crippen molar-refractivity contribution in [2.45, 2.75) is 18.1 Å². The lowest BCUT2D eigenvalue weighted by Gasteiger charge is -2.34. The molecule has 0 unspecified atom stereocenters. The summed E-state index contributed by atoms with van der Waals surface area (Å²) in [6, 6.07) is 5.80. The van der Waals surface area contributed by atoms with Gasteiger partial charge in [-0.2, -0.15) is 4.31 Å². The number of hydrogen-bond donors (Lipinski definition) is 0. The van der Waals surface area contributed by atoms with E-state index in [1.165, 1.54) is 0 Å². The zero-order valence-corrected chi connectivity index (χ0v) is 11.0. The van der Waals surface area contributed by atoms with Gasteiger partial charge in [-0.25, -0.2) is 13.4 Å². The summed E-state index contributed by atoms with van der Waals surface area (Å²) in [6.07, 6.45) is 3.44. The Bertz CT molecular complexity index is 505. The minimum Gasteiger partial charge on any atom is -0.354 e. The molecule has 2 aliphatic rings. The van der Waals surface area contributed by atoms with Gasteiger partial charge in [0.1, 0.15) is 5.82 Å². The largest absolute Gasteiger partial charge is 0.354 e. The summed E-state index contributed by atoms with van der Waals surface area (Å²) in [6.45, 7) is 2.61. The number of piperazine rings is 1. The van der Waals surface area contributed by atoms with Gasteiger partial charge in [-0.3, -0.25) is 0 Å². The molecule has 1 aromatic rings. The van der Waals surface area contributed by atoms with E-state index in [1.807, 2.05) is 18.2 Å². The van der Waals surface area contributed by atoms with Gasteiger partial charge in [0.15, 0.2) is 0 Å². The fourth-order valence-electron chi connectivity index (χ4n) is 2.29. The molecular weight excluding hydrogens is 250 g/mol. The molecular formula is C12H17N3O2S. The number of anilines is 1. The Morgan fingerprint density at radius 3 is 2.39 bits per heavy atom. The minimum absolute atomic E-state index is 0.0982. The van der Waals surface area contributed by atoms with Gasteiger partial charge in [0, 0.05) is 32.4 Å². The summed E-state index contributed by atoms with van der Waals surface area (Å²) in [4.78, 5) is 6.43. The van der Waals surface area contributed by atoms with Crippen LogP contribution in [-0.2, 0) is 10.0 Å². The maximum Gasteiger partial charge on any atom is 0.217 e. The van der Waals surface area contributed by atoms with Crippen molar-refractivity contribution in [3.8, 4) is 0 Å². The van der Waals surface area contributed by atoms with E-state index in [9.17, 15) is 8.42 Å². The molecule has 2 heterocycles. The first-order valence-corrected chi connectivity index (χ1v) is 7.83. The van der Waals surface area contributed by atoms with Crippen molar-refractivity contribution >= 4 is 15.8 Å². The highest BCUT2D eigenvalue weighted by atomic mass is 32.2. The first kappa shape index (κ1) is 11.9. The van der Waals surface area contributed by atoms with E-state index in [0.717, 1.165) is 31.7 Å². The zero-order chi connectivity index (χ0) is 12.6. The van der Waals surface area contributed by atoms with Gasteiger partial charge >= 0.3 is 0 Å². The molecule has 2 fully saturated rings. The van der Waals surface area contributed by atoms with Gasteiger partial charge in [-0.1, -0.05) is 6.07 Å². The van der Waals surface area contributed by atoms with Crippen LogP contribution < -0.4 is 4.90 Å². The van der Waals surface area contributed by atoms with Crippen molar-refractivity contribution in [2.75, 3.05) is 31.1 Å². The Hall–Kier alpha value is -1.14. The number of aromatic nitrogens is 1. The van der Waals surface area contributed by atoms with Gasteiger partial charge in [-0.05, 0) is 25.0 Å². The van der Waals surface area contributed by atoms with Crippen LogP contribution in [-0.4, -0.2) is 49.1 Å². The Morgan fingerprint density at radius 1 is 1.11 bits per heavy atom. The lowest BCUT2D eigenvalue weighted by molar-refractivity contribution is 0.383. The monoisotopic (exact) mass is 267 g/mol. The Balaban J connectivity index is 1.65. The van der Waals surface area contributed by atoms with Crippen molar-refractivity contribution in [1.29, 1.82) is 0 Å². The first-order chi connectivity index (χ1) is 8.68. The first-order valence-electron chi connectivity index (χ1n) is 6.33. The summed E-state index contributed by atoms with van der Waals surface area (Å²) >= 11 is 0. The fourth-order valence-corrected chi connectivity index (χ4v) is 4.11. The molecule has 3 rings (SSSR count). The van der Waals surface area contributed by atoms with E-state index in [0.29, 0.717) is 13.1 Å². The number of pyridine rings is 1. The topological polar surface area (TPSA) is 53.5 Å². The third-order valence-electron chi connectivity index (χ3n) is 3.52. The molecule has 0 spiro atoms. The van der Waals surface area contributed by atoms with Crippen LogP contribution in [0.2, 0.25) is 0 Å². The summed E-state index contributed by atoms with van der Waals surface area (Å²) in [5.74, 6) is 0.931.